The molecule has 0 aliphatic rings. The van der Waals surface area contributed by atoms with Crippen molar-refractivity contribution < 1.29 is 9.63 Å². The van der Waals surface area contributed by atoms with Crippen LogP contribution in [0, 0.1) is 0 Å². The molecule has 24 heavy (non-hydrogen) atoms. The van der Waals surface area contributed by atoms with Crippen molar-refractivity contribution in [3.8, 4) is 0 Å². The van der Waals surface area contributed by atoms with Crippen molar-refractivity contribution in [1.29, 1.82) is 0 Å². The number of benzene rings is 2. The second-order valence-corrected chi connectivity index (χ2v) is 5.90. The predicted molar refractivity (Wildman–Crippen MR) is 92.2 cm³/mol. The summed E-state index contributed by atoms with van der Waals surface area (Å²) in [5.41, 5.74) is 2.33. The second-order valence-electron chi connectivity index (χ2n) is 5.06. The number of nitrogens with one attached hydrogen (secondary N) is 1. The lowest BCUT2D eigenvalue weighted by Gasteiger charge is -2.08. The zero-order chi connectivity index (χ0) is 16.9. The number of aromatic nitrogens is 3. The maximum atomic E-state index is 11.9. The lowest BCUT2D eigenvalue weighted by molar-refractivity contribution is -0.126. The Morgan fingerprint density at radius 3 is 2.88 bits per heavy atom. The van der Waals surface area contributed by atoms with E-state index in [4.69, 9.17) is 28.0 Å². The van der Waals surface area contributed by atoms with Gasteiger partial charge in [0, 0.05) is 16.6 Å². The fourth-order valence-corrected chi connectivity index (χ4v) is 2.68. The number of hydrogen-bond donors (Lipinski definition) is 1. The van der Waals surface area contributed by atoms with Gasteiger partial charge < -0.3 is 10.2 Å². The molecule has 1 N–H and O–H groups in total. The van der Waals surface area contributed by atoms with Crippen LogP contribution in [0.2, 0.25) is 10.0 Å². The van der Waals surface area contributed by atoms with Gasteiger partial charge in [-0.1, -0.05) is 46.2 Å². The highest BCUT2D eigenvalue weighted by atomic mass is 35.5. The SMILES string of the molecule is O=C(COn1nnc2ccccc21)NCCc1ccc(Cl)cc1Cl. The molecule has 1 heterocycles. The number of hydrogen-bond acceptors (Lipinski definition) is 4. The number of nitrogens with zero attached hydrogens (tertiary/aromatic N) is 3. The van der Waals surface area contributed by atoms with Gasteiger partial charge >= 0.3 is 0 Å². The molecule has 0 radical (unpaired) electrons. The quantitative estimate of drug-likeness (QED) is 0.729. The van der Waals surface area contributed by atoms with E-state index in [0.29, 0.717) is 34.0 Å². The van der Waals surface area contributed by atoms with Gasteiger partial charge in [-0.15, -0.1) is 5.10 Å². The molecule has 1 amide bonds. The van der Waals surface area contributed by atoms with Gasteiger partial charge in [0.2, 0.25) is 0 Å². The van der Waals surface area contributed by atoms with Gasteiger partial charge in [0.25, 0.3) is 5.91 Å². The zero-order valence-electron chi connectivity index (χ0n) is 12.6. The van der Waals surface area contributed by atoms with Crippen molar-refractivity contribution in [2.45, 2.75) is 6.42 Å². The molecule has 0 aliphatic heterocycles. The first-order valence-corrected chi connectivity index (χ1v) is 8.03. The highest BCUT2D eigenvalue weighted by Gasteiger charge is 2.08. The number of halogens is 2. The van der Waals surface area contributed by atoms with Crippen LogP contribution in [0.5, 0.6) is 0 Å². The van der Waals surface area contributed by atoms with E-state index in [1.54, 1.807) is 12.1 Å². The Morgan fingerprint density at radius 1 is 1.21 bits per heavy atom. The van der Waals surface area contributed by atoms with Gasteiger partial charge in [-0.2, -0.15) is 0 Å². The predicted octanol–water partition coefficient (Wildman–Crippen LogP) is 2.53. The summed E-state index contributed by atoms with van der Waals surface area (Å²) in [7, 11) is 0. The van der Waals surface area contributed by atoms with E-state index >= 15 is 0 Å². The van der Waals surface area contributed by atoms with Crippen LogP contribution in [0.3, 0.4) is 0 Å². The Kier molecular flexibility index (Phi) is 5.17. The summed E-state index contributed by atoms with van der Waals surface area (Å²) in [6, 6.07) is 12.6. The molecule has 124 valence electrons. The standard InChI is InChI=1S/C16H14Cl2N4O2/c17-12-6-5-11(13(18)9-12)7-8-19-16(23)10-24-22-15-4-2-1-3-14(15)20-21-22/h1-6,9H,7-8,10H2,(H,19,23). The fraction of sp³-hybridized carbons (Fsp3) is 0.188. The molecule has 3 aromatic rings. The van der Waals surface area contributed by atoms with Gasteiger partial charge in [-0.25, -0.2) is 0 Å². The molecule has 1 aromatic heterocycles. The number of carbonyl (C=O) groups excluding carboxylic acids is 1. The highest BCUT2D eigenvalue weighted by molar-refractivity contribution is 6.35. The number of para-hydroxylation sites is 1. The highest BCUT2D eigenvalue weighted by Crippen LogP contribution is 2.21. The van der Waals surface area contributed by atoms with Crippen molar-refractivity contribution in [3.05, 3.63) is 58.1 Å². The molecule has 6 nitrogen and oxygen atoms in total. The molecule has 0 fully saturated rings. The maximum Gasteiger partial charge on any atom is 0.260 e. The lowest BCUT2D eigenvalue weighted by atomic mass is 10.1. The number of rotatable bonds is 6. The molecule has 0 bridgehead atoms. The van der Waals surface area contributed by atoms with E-state index in [1.807, 2.05) is 30.3 Å². The third-order valence-corrected chi connectivity index (χ3v) is 3.96. The number of amides is 1. The monoisotopic (exact) mass is 364 g/mol. The first-order chi connectivity index (χ1) is 11.6. The molecule has 0 saturated heterocycles. The Labute approximate surface area is 148 Å². The lowest BCUT2D eigenvalue weighted by Crippen LogP contribution is -2.33. The fourth-order valence-electron chi connectivity index (χ4n) is 2.17. The molecule has 0 unspecified atom stereocenters. The van der Waals surface area contributed by atoms with Gasteiger partial charge in [0.1, 0.15) is 11.0 Å². The van der Waals surface area contributed by atoms with Gasteiger partial charge in [-0.05, 0) is 41.5 Å². The minimum Gasteiger partial charge on any atom is -0.385 e. The maximum absolute atomic E-state index is 11.9. The van der Waals surface area contributed by atoms with Crippen molar-refractivity contribution in [2.75, 3.05) is 13.2 Å². The van der Waals surface area contributed by atoms with E-state index in [2.05, 4.69) is 15.6 Å². The van der Waals surface area contributed by atoms with Gasteiger partial charge in [0.05, 0.1) is 0 Å². The van der Waals surface area contributed by atoms with Crippen LogP contribution in [0.15, 0.2) is 42.5 Å². The minimum atomic E-state index is -0.250. The molecule has 8 heteroatoms. The molecular formula is C16H14Cl2N4O2. The largest absolute Gasteiger partial charge is 0.385 e. The van der Waals surface area contributed by atoms with Crippen LogP contribution in [-0.4, -0.2) is 34.2 Å². The van der Waals surface area contributed by atoms with Crippen molar-refractivity contribution in [2.24, 2.45) is 0 Å². The summed E-state index contributed by atoms with van der Waals surface area (Å²) < 4.78 is 0. The summed E-state index contributed by atoms with van der Waals surface area (Å²) in [4.78, 5) is 18.4. The average molecular weight is 365 g/mol. The Bertz CT molecular complexity index is 866. The molecule has 3 rings (SSSR count). The summed E-state index contributed by atoms with van der Waals surface area (Å²) in [5.74, 6) is -0.250. The molecule has 0 spiro atoms. The summed E-state index contributed by atoms with van der Waals surface area (Å²) in [6.07, 6.45) is 0.605. The summed E-state index contributed by atoms with van der Waals surface area (Å²) in [5, 5.41) is 11.7. The average Bonchev–Trinajstić information content (AvgIpc) is 2.98. The first-order valence-electron chi connectivity index (χ1n) is 7.28. The van der Waals surface area contributed by atoms with Gasteiger partial charge in [0.15, 0.2) is 6.61 Å². The van der Waals surface area contributed by atoms with E-state index < -0.39 is 0 Å². The molecular weight excluding hydrogens is 351 g/mol. The topological polar surface area (TPSA) is 69.0 Å². The van der Waals surface area contributed by atoms with E-state index in [0.717, 1.165) is 5.56 Å². The first kappa shape index (κ1) is 16.5. The molecule has 0 saturated carbocycles. The second kappa shape index (κ2) is 7.51. The third-order valence-electron chi connectivity index (χ3n) is 3.37. The normalized spacial score (nSPS) is 10.8. The minimum absolute atomic E-state index is 0.151. The molecule has 0 aliphatic carbocycles. The van der Waals surface area contributed by atoms with Gasteiger partial charge in [-0.3, -0.25) is 4.79 Å². The summed E-state index contributed by atoms with van der Waals surface area (Å²) in [6.45, 7) is 0.295. The molecule has 0 atom stereocenters. The van der Waals surface area contributed by atoms with Crippen LogP contribution in [-0.2, 0) is 11.2 Å². The summed E-state index contributed by atoms with van der Waals surface area (Å²) >= 11 is 11.9. The third kappa shape index (κ3) is 3.96. The van der Waals surface area contributed by atoms with Crippen molar-refractivity contribution >= 4 is 40.1 Å². The van der Waals surface area contributed by atoms with Crippen LogP contribution in [0.1, 0.15) is 5.56 Å². The Morgan fingerprint density at radius 2 is 2.04 bits per heavy atom. The van der Waals surface area contributed by atoms with Crippen molar-refractivity contribution in [1.82, 2.24) is 20.5 Å². The van der Waals surface area contributed by atoms with Crippen LogP contribution in [0.4, 0.5) is 0 Å². The van der Waals surface area contributed by atoms with Crippen LogP contribution >= 0.6 is 23.2 Å². The van der Waals surface area contributed by atoms with E-state index in [-0.39, 0.29) is 12.5 Å². The number of carbonyl (C=O) groups is 1. The smallest absolute Gasteiger partial charge is 0.260 e. The van der Waals surface area contributed by atoms with Crippen LogP contribution < -0.4 is 10.2 Å². The zero-order valence-corrected chi connectivity index (χ0v) is 14.1. The Balaban J connectivity index is 1.47. The van der Waals surface area contributed by atoms with E-state index in [1.165, 1.54) is 4.85 Å². The van der Waals surface area contributed by atoms with E-state index in [9.17, 15) is 4.79 Å². The Hall–Kier alpha value is -2.31. The van der Waals surface area contributed by atoms with Crippen molar-refractivity contribution in [3.63, 3.8) is 0 Å². The molecule has 2 aromatic carbocycles. The van der Waals surface area contributed by atoms with Crippen LogP contribution in [0.25, 0.3) is 11.0 Å². The number of fused-ring (bicyclic) bond motifs is 1.